The summed E-state index contributed by atoms with van der Waals surface area (Å²) in [5.41, 5.74) is 1.04. The summed E-state index contributed by atoms with van der Waals surface area (Å²) in [6.07, 6.45) is 2.41. The second kappa shape index (κ2) is 6.71. The molecule has 0 N–H and O–H groups in total. The van der Waals surface area contributed by atoms with E-state index in [1.807, 2.05) is 37.3 Å². The molecule has 0 amide bonds. The minimum Gasteiger partial charge on any atom is -0.465 e. The van der Waals surface area contributed by atoms with E-state index < -0.39 is 0 Å². The third-order valence-electron chi connectivity index (χ3n) is 3.68. The fraction of sp³-hybridized carbons (Fsp3) is 0.562. The molecular weight excluding hydrogens is 238 g/mol. The molecule has 2 rings (SSSR count). The Bertz CT molecular complexity index is 404. The van der Waals surface area contributed by atoms with Gasteiger partial charge in [0.2, 0.25) is 0 Å². The van der Waals surface area contributed by atoms with Gasteiger partial charge in [-0.05, 0) is 37.8 Å². The first-order valence-corrected chi connectivity index (χ1v) is 7.18. The molecule has 1 aromatic carbocycles. The molecule has 0 unspecified atom stereocenters. The molecular formula is C16H23NO2. The molecule has 3 nitrogen and oxygen atoms in total. The van der Waals surface area contributed by atoms with Crippen molar-refractivity contribution >= 4 is 5.97 Å². The normalized spacial score (nSPS) is 21.9. The molecule has 0 aliphatic carbocycles. The van der Waals surface area contributed by atoms with Crippen LogP contribution in [0.4, 0.5) is 0 Å². The summed E-state index contributed by atoms with van der Waals surface area (Å²) in [6.45, 7) is 6.49. The zero-order chi connectivity index (χ0) is 13.7. The average Bonchev–Trinajstić information content (AvgIpc) is 2.40. The third-order valence-corrected chi connectivity index (χ3v) is 3.68. The van der Waals surface area contributed by atoms with E-state index in [-0.39, 0.29) is 12.0 Å². The fourth-order valence-corrected chi connectivity index (χ4v) is 2.81. The average molecular weight is 261 g/mol. The second-order valence-electron chi connectivity index (χ2n) is 5.31. The molecule has 0 radical (unpaired) electrons. The lowest BCUT2D eigenvalue weighted by atomic mass is 9.96. The number of ether oxygens (including phenoxy) is 1. The summed E-state index contributed by atoms with van der Waals surface area (Å²) in [4.78, 5) is 14.6. The number of hydrogen-bond donors (Lipinski definition) is 0. The number of hydrogen-bond acceptors (Lipinski definition) is 3. The number of carbonyl (C=O) groups is 1. The summed E-state index contributed by atoms with van der Waals surface area (Å²) in [5.74, 6) is 0.525. The maximum absolute atomic E-state index is 12.3. The lowest BCUT2D eigenvalue weighted by Gasteiger charge is -2.36. The van der Waals surface area contributed by atoms with Gasteiger partial charge in [-0.3, -0.25) is 4.90 Å². The monoisotopic (exact) mass is 261 g/mol. The van der Waals surface area contributed by atoms with Crippen molar-refractivity contribution in [1.82, 2.24) is 4.90 Å². The highest BCUT2D eigenvalue weighted by molar-refractivity contribution is 5.77. The molecule has 104 valence electrons. The molecule has 1 aliphatic heterocycles. The number of rotatable bonds is 4. The fourth-order valence-electron chi connectivity index (χ4n) is 2.81. The minimum absolute atomic E-state index is 0.122. The van der Waals surface area contributed by atoms with E-state index in [0.29, 0.717) is 12.5 Å². The van der Waals surface area contributed by atoms with Crippen LogP contribution >= 0.6 is 0 Å². The lowest BCUT2D eigenvalue weighted by Crippen LogP contribution is -2.41. The van der Waals surface area contributed by atoms with Crippen molar-refractivity contribution in [2.24, 2.45) is 5.92 Å². The van der Waals surface area contributed by atoms with Gasteiger partial charge in [0.25, 0.3) is 0 Å². The Morgan fingerprint density at radius 2 is 2.16 bits per heavy atom. The van der Waals surface area contributed by atoms with Gasteiger partial charge in [-0.15, -0.1) is 0 Å². The number of carbonyl (C=O) groups excluding carboxylic acids is 1. The Morgan fingerprint density at radius 3 is 2.79 bits per heavy atom. The molecule has 19 heavy (non-hydrogen) atoms. The smallest absolute Gasteiger partial charge is 0.327 e. The van der Waals surface area contributed by atoms with Gasteiger partial charge in [0, 0.05) is 6.54 Å². The van der Waals surface area contributed by atoms with Gasteiger partial charge < -0.3 is 4.74 Å². The van der Waals surface area contributed by atoms with Crippen molar-refractivity contribution in [3.8, 4) is 0 Å². The third kappa shape index (κ3) is 3.57. The maximum Gasteiger partial charge on any atom is 0.327 e. The molecule has 0 aromatic heterocycles. The topological polar surface area (TPSA) is 29.5 Å². The van der Waals surface area contributed by atoms with E-state index in [1.165, 1.54) is 6.42 Å². The Balaban J connectivity index is 2.21. The first kappa shape index (κ1) is 14.1. The summed E-state index contributed by atoms with van der Waals surface area (Å²) in [7, 11) is 0. The zero-order valence-electron chi connectivity index (χ0n) is 11.8. The van der Waals surface area contributed by atoms with Crippen molar-refractivity contribution in [2.75, 3.05) is 19.7 Å². The quantitative estimate of drug-likeness (QED) is 0.780. The Hall–Kier alpha value is -1.35. The molecule has 0 spiro atoms. The van der Waals surface area contributed by atoms with Crippen molar-refractivity contribution in [3.05, 3.63) is 35.9 Å². The minimum atomic E-state index is -0.246. The van der Waals surface area contributed by atoms with E-state index in [0.717, 1.165) is 25.1 Å². The summed E-state index contributed by atoms with van der Waals surface area (Å²) < 4.78 is 5.27. The van der Waals surface area contributed by atoms with Crippen LogP contribution in [0, 0.1) is 5.92 Å². The Labute approximate surface area is 115 Å². The highest BCUT2D eigenvalue weighted by Gasteiger charge is 2.31. The van der Waals surface area contributed by atoms with E-state index in [2.05, 4.69) is 11.8 Å². The van der Waals surface area contributed by atoms with Crippen LogP contribution in [0.3, 0.4) is 0 Å². The van der Waals surface area contributed by atoms with Crippen LogP contribution in [0.2, 0.25) is 0 Å². The van der Waals surface area contributed by atoms with Crippen LogP contribution in [0.1, 0.15) is 38.3 Å². The Kier molecular flexibility index (Phi) is 4.97. The van der Waals surface area contributed by atoms with Gasteiger partial charge in [-0.2, -0.15) is 0 Å². The SMILES string of the molecule is CCOC(=O)[C@@H](c1ccccc1)N1CCC[C@H](C)C1. The van der Waals surface area contributed by atoms with Gasteiger partial charge in [-0.1, -0.05) is 37.3 Å². The van der Waals surface area contributed by atoms with Gasteiger partial charge in [0.1, 0.15) is 6.04 Å². The standard InChI is InChI=1S/C16H23NO2/c1-3-19-16(18)15(14-9-5-4-6-10-14)17-11-7-8-13(2)12-17/h4-6,9-10,13,15H,3,7-8,11-12H2,1-2H3/t13-,15+/m0/s1. The molecule has 1 fully saturated rings. The van der Waals surface area contributed by atoms with Crippen LogP contribution in [-0.2, 0) is 9.53 Å². The zero-order valence-corrected chi connectivity index (χ0v) is 11.8. The van der Waals surface area contributed by atoms with Crippen LogP contribution in [-0.4, -0.2) is 30.6 Å². The van der Waals surface area contributed by atoms with Gasteiger partial charge in [-0.25, -0.2) is 4.79 Å². The number of nitrogens with zero attached hydrogens (tertiary/aromatic N) is 1. The van der Waals surface area contributed by atoms with Crippen LogP contribution in [0.5, 0.6) is 0 Å². The summed E-state index contributed by atoms with van der Waals surface area (Å²) in [5, 5.41) is 0. The van der Waals surface area contributed by atoms with Crippen molar-refractivity contribution < 1.29 is 9.53 Å². The number of piperidine rings is 1. The van der Waals surface area contributed by atoms with Crippen LogP contribution < -0.4 is 0 Å². The molecule has 0 saturated carbocycles. The Morgan fingerprint density at radius 1 is 1.42 bits per heavy atom. The lowest BCUT2D eigenvalue weighted by molar-refractivity contribution is -0.150. The summed E-state index contributed by atoms with van der Waals surface area (Å²) in [6, 6.07) is 9.72. The molecule has 1 aromatic rings. The highest BCUT2D eigenvalue weighted by atomic mass is 16.5. The highest BCUT2D eigenvalue weighted by Crippen LogP contribution is 2.27. The number of likely N-dealkylation sites (tertiary alicyclic amines) is 1. The first-order valence-electron chi connectivity index (χ1n) is 7.18. The van der Waals surface area contributed by atoms with E-state index in [9.17, 15) is 4.79 Å². The van der Waals surface area contributed by atoms with Gasteiger partial charge in [0.05, 0.1) is 6.61 Å². The van der Waals surface area contributed by atoms with Gasteiger partial charge in [0.15, 0.2) is 0 Å². The largest absolute Gasteiger partial charge is 0.465 e. The number of benzene rings is 1. The van der Waals surface area contributed by atoms with E-state index >= 15 is 0 Å². The van der Waals surface area contributed by atoms with Crippen LogP contribution in [0.25, 0.3) is 0 Å². The molecule has 2 atom stereocenters. The van der Waals surface area contributed by atoms with Crippen molar-refractivity contribution in [3.63, 3.8) is 0 Å². The second-order valence-corrected chi connectivity index (χ2v) is 5.31. The predicted octanol–water partition coefficient (Wildman–Crippen LogP) is 3.02. The van der Waals surface area contributed by atoms with Crippen molar-refractivity contribution in [2.45, 2.75) is 32.7 Å². The number of esters is 1. The summed E-state index contributed by atoms with van der Waals surface area (Å²) >= 11 is 0. The van der Waals surface area contributed by atoms with Crippen LogP contribution in [0.15, 0.2) is 30.3 Å². The molecule has 1 aliphatic rings. The molecule has 1 saturated heterocycles. The molecule has 1 heterocycles. The molecule has 3 heteroatoms. The van der Waals surface area contributed by atoms with E-state index in [4.69, 9.17) is 4.74 Å². The van der Waals surface area contributed by atoms with Gasteiger partial charge >= 0.3 is 5.97 Å². The maximum atomic E-state index is 12.3. The predicted molar refractivity (Wildman–Crippen MR) is 75.8 cm³/mol. The molecule has 0 bridgehead atoms. The van der Waals surface area contributed by atoms with E-state index in [1.54, 1.807) is 0 Å². The first-order chi connectivity index (χ1) is 9.22. The van der Waals surface area contributed by atoms with Crippen molar-refractivity contribution in [1.29, 1.82) is 0 Å².